The van der Waals surface area contributed by atoms with Crippen molar-refractivity contribution in [3.8, 4) is 0 Å². The van der Waals surface area contributed by atoms with Crippen LogP contribution in [0, 0.1) is 0 Å². The number of benzene rings is 1. The van der Waals surface area contributed by atoms with Gasteiger partial charge >= 0.3 is 0 Å². The predicted molar refractivity (Wildman–Crippen MR) is 120 cm³/mol. The molecule has 0 spiro atoms. The second-order valence-corrected chi connectivity index (χ2v) is 8.10. The summed E-state index contributed by atoms with van der Waals surface area (Å²) in [6, 6.07) is 6.64. The van der Waals surface area contributed by atoms with E-state index in [0.29, 0.717) is 18.8 Å². The SMILES string of the molecule is CCc1cc(C(N)=C2CN(C(C)=O)CCC2=NC2CCOCC2)c2cnccc2c1. The lowest BCUT2D eigenvalue weighted by atomic mass is 9.92. The Labute approximate surface area is 177 Å². The van der Waals surface area contributed by atoms with Crippen molar-refractivity contribution in [2.45, 2.75) is 45.6 Å². The predicted octanol–water partition coefficient (Wildman–Crippen LogP) is 3.34. The first kappa shape index (κ1) is 20.5. The number of aromatic nitrogens is 1. The molecule has 2 N–H and O–H groups in total. The normalized spacial score (nSPS) is 21.3. The van der Waals surface area contributed by atoms with Gasteiger partial charge in [0.25, 0.3) is 0 Å². The fourth-order valence-corrected chi connectivity index (χ4v) is 4.29. The summed E-state index contributed by atoms with van der Waals surface area (Å²) in [5.41, 5.74) is 11.8. The summed E-state index contributed by atoms with van der Waals surface area (Å²) in [6.07, 6.45) is 7.22. The Morgan fingerprint density at radius 2 is 2.13 bits per heavy atom. The monoisotopic (exact) mass is 406 g/mol. The van der Waals surface area contributed by atoms with E-state index in [4.69, 9.17) is 15.5 Å². The summed E-state index contributed by atoms with van der Waals surface area (Å²) >= 11 is 0. The van der Waals surface area contributed by atoms with Crippen LogP contribution in [0.1, 0.15) is 44.2 Å². The number of piperidine rings is 1. The maximum Gasteiger partial charge on any atom is 0.219 e. The maximum absolute atomic E-state index is 12.1. The van der Waals surface area contributed by atoms with Gasteiger partial charge in [-0.05, 0) is 42.3 Å². The first-order chi connectivity index (χ1) is 14.6. The molecule has 1 amide bonds. The van der Waals surface area contributed by atoms with Crippen molar-refractivity contribution in [3.63, 3.8) is 0 Å². The van der Waals surface area contributed by atoms with Gasteiger partial charge in [0, 0.05) is 80.0 Å². The van der Waals surface area contributed by atoms with Gasteiger partial charge in [0.1, 0.15) is 0 Å². The molecule has 4 rings (SSSR count). The van der Waals surface area contributed by atoms with Crippen molar-refractivity contribution in [2.75, 3.05) is 26.3 Å². The average Bonchev–Trinajstić information content (AvgIpc) is 2.78. The van der Waals surface area contributed by atoms with Gasteiger partial charge < -0.3 is 15.4 Å². The lowest BCUT2D eigenvalue weighted by molar-refractivity contribution is -0.128. The molecule has 0 saturated carbocycles. The van der Waals surface area contributed by atoms with E-state index < -0.39 is 0 Å². The van der Waals surface area contributed by atoms with Crippen LogP contribution in [0.4, 0.5) is 0 Å². The second-order valence-electron chi connectivity index (χ2n) is 8.10. The Morgan fingerprint density at radius 1 is 1.33 bits per heavy atom. The minimum atomic E-state index is 0.0688. The highest BCUT2D eigenvalue weighted by Crippen LogP contribution is 2.29. The summed E-state index contributed by atoms with van der Waals surface area (Å²) in [5, 5.41) is 2.16. The van der Waals surface area contributed by atoms with Crippen LogP contribution in [-0.4, -0.2) is 53.8 Å². The zero-order chi connectivity index (χ0) is 21.1. The number of aliphatic imine (C=N–C) groups is 1. The van der Waals surface area contributed by atoms with E-state index in [9.17, 15) is 4.79 Å². The largest absolute Gasteiger partial charge is 0.398 e. The van der Waals surface area contributed by atoms with Crippen LogP contribution in [0.25, 0.3) is 16.5 Å². The number of hydrogen-bond donors (Lipinski definition) is 1. The molecule has 2 aliphatic heterocycles. The number of carbonyl (C=O) groups excluding carboxylic acids is 1. The van der Waals surface area contributed by atoms with E-state index in [0.717, 1.165) is 66.5 Å². The summed E-state index contributed by atoms with van der Waals surface area (Å²) in [6.45, 7) is 6.46. The average molecular weight is 407 g/mol. The summed E-state index contributed by atoms with van der Waals surface area (Å²) < 4.78 is 5.49. The first-order valence-corrected chi connectivity index (χ1v) is 10.8. The molecule has 0 unspecified atom stereocenters. The Kier molecular flexibility index (Phi) is 6.13. The molecule has 0 radical (unpaired) electrons. The minimum absolute atomic E-state index is 0.0688. The Bertz CT molecular complexity index is 1010. The Hall–Kier alpha value is -2.73. The van der Waals surface area contributed by atoms with Crippen LogP contribution in [-0.2, 0) is 16.0 Å². The van der Waals surface area contributed by atoms with Crippen molar-refractivity contribution in [2.24, 2.45) is 10.7 Å². The molecule has 0 atom stereocenters. The van der Waals surface area contributed by atoms with Crippen LogP contribution in [0.3, 0.4) is 0 Å². The summed E-state index contributed by atoms with van der Waals surface area (Å²) in [7, 11) is 0. The number of carbonyl (C=O) groups is 1. The number of fused-ring (bicyclic) bond motifs is 1. The van der Waals surface area contributed by atoms with E-state index in [-0.39, 0.29) is 11.9 Å². The number of rotatable bonds is 3. The molecule has 2 saturated heterocycles. The molecular formula is C24H30N4O2. The van der Waals surface area contributed by atoms with Gasteiger partial charge in [-0.3, -0.25) is 14.8 Å². The van der Waals surface area contributed by atoms with Gasteiger partial charge in [-0.15, -0.1) is 0 Å². The van der Waals surface area contributed by atoms with E-state index in [1.54, 1.807) is 6.92 Å². The molecule has 0 aliphatic carbocycles. The third-order valence-electron chi connectivity index (χ3n) is 6.13. The highest BCUT2D eigenvalue weighted by Gasteiger charge is 2.26. The van der Waals surface area contributed by atoms with Gasteiger partial charge in [-0.25, -0.2) is 0 Å². The second kappa shape index (κ2) is 8.96. The van der Waals surface area contributed by atoms with Crippen LogP contribution in [0.2, 0.25) is 0 Å². The molecule has 6 nitrogen and oxygen atoms in total. The fourth-order valence-electron chi connectivity index (χ4n) is 4.29. The van der Waals surface area contributed by atoms with Gasteiger partial charge in [0.05, 0.1) is 6.04 Å². The fraction of sp³-hybridized carbons (Fsp3) is 0.458. The zero-order valence-electron chi connectivity index (χ0n) is 17.9. The van der Waals surface area contributed by atoms with Crippen molar-refractivity contribution >= 4 is 28.1 Å². The van der Waals surface area contributed by atoms with Gasteiger partial charge in [-0.1, -0.05) is 13.0 Å². The summed E-state index contributed by atoms with van der Waals surface area (Å²) in [5.74, 6) is 0.0688. The number of hydrogen-bond acceptors (Lipinski definition) is 5. The van der Waals surface area contributed by atoms with Gasteiger partial charge in [0.2, 0.25) is 5.91 Å². The van der Waals surface area contributed by atoms with Crippen molar-refractivity contribution in [3.05, 3.63) is 47.3 Å². The highest BCUT2D eigenvalue weighted by atomic mass is 16.5. The van der Waals surface area contributed by atoms with E-state index in [2.05, 4.69) is 24.0 Å². The lowest BCUT2D eigenvalue weighted by Gasteiger charge is -2.31. The quantitative estimate of drug-likeness (QED) is 0.848. The molecule has 2 aliphatic rings. The molecular weight excluding hydrogens is 376 g/mol. The molecule has 0 bridgehead atoms. The molecule has 158 valence electrons. The van der Waals surface area contributed by atoms with Crippen LogP contribution >= 0.6 is 0 Å². The molecule has 2 aromatic rings. The maximum atomic E-state index is 12.1. The zero-order valence-corrected chi connectivity index (χ0v) is 17.9. The number of ether oxygens (including phenoxy) is 1. The van der Waals surface area contributed by atoms with Gasteiger partial charge in [-0.2, -0.15) is 0 Å². The van der Waals surface area contributed by atoms with Crippen LogP contribution in [0.15, 0.2) is 41.2 Å². The van der Waals surface area contributed by atoms with Crippen LogP contribution in [0.5, 0.6) is 0 Å². The first-order valence-electron chi connectivity index (χ1n) is 10.8. The molecule has 3 heterocycles. The van der Waals surface area contributed by atoms with Crippen molar-refractivity contribution in [1.29, 1.82) is 0 Å². The highest BCUT2D eigenvalue weighted by molar-refractivity contribution is 6.09. The number of nitrogens with zero attached hydrogens (tertiary/aromatic N) is 3. The third-order valence-corrected chi connectivity index (χ3v) is 6.13. The number of amides is 1. The van der Waals surface area contributed by atoms with E-state index in [1.807, 2.05) is 23.4 Å². The number of nitrogens with two attached hydrogens (primary N) is 1. The smallest absolute Gasteiger partial charge is 0.219 e. The van der Waals surface area contributed by atoms with Gasteiger partial charge in [0.15, 0.2) is 0 Å². The standard InChI is InChI=1S/C24H30N4O2/c1-3-17-12-18-4-8-26-14-21(18)20(13-17)24(25)22-15-28(16(2)29)9-5-23(22)27-19-6-10-30-11-7-19/h4,8,12-14,19H,3,5-7,9-11,15,25H2,1-2H3. The molecule has 1 aromatic carbocycles. The molecule has 1 aromatic heterocycles. The molecule has 6 heteroatoms. The molecule has 2 fully saturated rings. The van der Waals surface area contributed by atoms with Crippen LogP contribution < -0.4 is 5.73 Å². The Morgan fingerprint density at radius 3 is 2.87 bits per heavy atom. The van der Waals surface area contributed by atoms with E-state index in [1.165, 1.54) is 5.56 Å². The summed E-state index contributed by atoms with van der Waals surface area (Å²) in [4.78, 5) is 23.4. The third kappa shape index (κ3) is 4.24. The van der Waals surface area contributed by atoms with Crippen molar-refractivity contribution < 1.29 is 9.53 Å². The minimum Gasteiger partial charge on any atom is -0.398 e. The van der Waals surface area contributed by atoms with E-state index >= 15 is 0 Å². The Balaban J connectivity index is 1.84. The topological polar surface area (TPSA) is 80.8 Å². The lowest BCUT2D eigenvalue weighted by Crippen LogP contribution is -2.40. The molecule has 30 heavy (non-hydrogen) atoms. The number of aryl methyl sites for hydroxylation is 1. The van der Waals surface area contributed by atoms with Crippen molar-refractivity contribution in [1.82, 2.24) is 9.88 Å². The number of pyridine rings is 1. The number of likely N-dealkylation sites (tertiary alicyclic amines) is 1.